The second-order valence-electron chi connectivity index (χ2n) is 9.49. The number of rotatable bonds is 6. The van der Waals surface area contributed by atoms with Gasteiger partial charge in [0, 0.05) is 53.0 Å². The van der Waals surface area contributed by atoms with Crippen molar-refractivity contribution in [2.45, 2.75) is 28.1 Å². The van der Waals surface area contributed by atoms with Gasteiger partial charge in [-0.25, -0.2) is 4.40 Å². The zero-order valence-electron chi connectivity index (χ0n) is 23.3. The van der Waals surface area contributed by atoms with Crippen LogP contribution in [0.1, 0.15) is 23.3 Å². The molecule has 214 valence electrons. The van der Waals surface area contributed by atoms with E-state index in [0.717, 1.165) is 16.1 Å². The molecule has 0 radical (unpaired) electrons. The summed E-state index contributed by atoms with van der Waals surface area (Å²) >= 11 is 9.26. The highest BCUT2D eigenvalue weighted by Gasteiger charge is 2.40. The van der Waals surface area contributed by atoms with Crippen LogP contribution in [0.4, 0.5) is 5.69 Å². The number of allylic oxidation sites excluding steroid dienone is 1. The van der Waals surface area contributed by atoms with E-state index in [1.807, 2.05) is 79.8 Å². The number of hydrogen-bond acceptors (Lipinski definition) is 8. The molecule has 0 N–H and O–H groups in total. The second-order valence-corrected chi connectivity index (χ2v) is 11.9. The third-order valence-electron chi connectivity index (χ3n) is 6.25. The molecular weight excluding hydrogens is 578 g/mol. The van der Waals surface area contributed by atoms with E-state index in [1.165, 1.54) is 41.1 Å². The van der Waals surface area contributed by atoms with Crippen molar-refractivity contribution >= 4 is 65.2 Å². The third-order valence-corrected chi connectivity index (χ3v) is 8.64. The predicted octanol–water partition coefficient (Wildman–Crippen LogP) is 6.81. The Balaban J connectivity index is 0.000000291. The van der Waals surface area contributed by atoms with Crippen LogP contribution in [0, 0.1) is 0 Å². The van der Waals surface area contributed by atoms with Crippen molar-refractivity contribution in [2.75, 3.05) is 39.2 Å². The Kier molecular flexibility index (Phi) is 10.9. The average Bonchev–Trinajstić information content (AvgIpc) is 3.26. The lowest BCUT2D eigenvalue weighted by molar-refractivity contribution is -0.152. The SMILES string of the molecule is C1=Cc2ccccc2SN=C1.COc1ccc([C@@H]2Sc3cc(Cl)ccc3N(CCN(C)C)C(=O)[C@@H]2OC(C)=O)cc1. The number of likely N-dealkylation sites (N-methyl/N-ethyl adjacent to an activating group) is 1. The maximum Gasteiger partial charge on any atom is 0.303 e. The summed E-state index contributed by atoms with van der Waals surface area (Å²) in [6, 6.07) is 21.1. The van der Waals surface area contributed by atoms with Crippen LogP contribution < -0.4 is 9.64 Å². The van der Waals surface area contributed by atoms with Crippen molar-refractivity contribution in [2.24, 2.45) is 4.40 Å². The van der Waals surface area contributed by atoms with E-state index in [9.17, 15) is 9.59 Å². The predicted molar refractivity (Wildman–Crippen MR) is 169 cm³/mol. The molecule has 0 bridgehead atoms. The summed E-state index contributed by atoms with van der Waals surface area (Å²) < 4.78 is 14.9. The normalized spacial score (nSPS) is 17.5. The largest absolute Gasteiger partial charge is 0.497 e. The molecule has 3 aromatic carbocycles. The van der Waals surface area contributed by atoms with Crippen LogP contribution in [0.5, 0.6) is 5.75 Å². The highest BCUT2D eigenvalue weighted by molar-refractivity contribution is 7.99. The fourth-order valence-electron chi connectivity index (χ4n) is 4.23. The second kappa shape index (κ2) is 14.6. The first kappa shape index (κ1) is 30.7. The number of benzene rings is 3. The first-order valence-corrected chi connectivity index (χ1v) is 15.0. The van der Waals surface area contributed by atoms with Gasteiger partial charge in [-0.3, -0.25) is 9.59 Å². The van der Waals surface area contributed by atoms with Crippen molar-refractivity contribution < 1.29 is 19.1 Å². The molecule has 5 rings (SSSR count). The molecule has 0 aromatic heterocycles. The molecule has 0 spiro atoms. The first-order valence-electron chi connectivity index (χ1n) is 13.0. The van der Waals surface area contributed by atoms with Gasteiger partial charge in [0.15, 0.2) is 6.10 Å². The minimum atomic E-state index is -0.964. The topological polar surface area (TPSA) is 71.4 Å². The van der Waals surface area contributed by atoms with Crippen LogP contribution in [0.2, 0.25) is 5.02 Å². The van der Waals surface area contributed by atoms with E-state index >= 15 is 0 Å². The van der Waals surface area contributed by atoms with E-state index in [2.05, 4.69) is 22.6 Å². The van der Waals surface area contributed by atoms with Crippen LogP contribution >= 0.6 is 35.3 Å². The molecule has 2 aliphatic heterocycles. The number of amides is 1. The lowest BCUT2D eigenvalue weighted by Gasteiger charge is -2.28. The summed E-state index contributed by atoms with van der Waals surface area (Å²) in [6.45, 7) is 2.45. The molecule has 7 nitrogen and oxygen atoms in total. The molecule has 2 heterocycles. The number of ether oxygens (including phenoxy) is 2. The fraction of sp³-hybridized carbons (Fsp3) is 0.258. The monoisotopic (exact) mass is 609 g/mol. The van der Waals surface area contributed by atoms with E-state index < -0.39 is 17.3 Å². The van der Waals surface area contributed by atoms with Crippen molar-refractivity contribution in [3.8, 4) is 5.75 Å². The Morgan fingerprint density at radius 3 is 2.54 bits per heavy atom. The molecule has 3 aromatic rings. The lowest BCUT2D eigenvalue weighted by Crippen LogP contribution is -2.45. The van der Waals surface area contributed by atoms with Gasteiger partial charge in [0.05, 0.1) is 18.0 Å². The van der Waals surface area contributed by atoms with Crippen LogP contribution in [-0.2, 0) is 14.3 Å². The number of thioether (sulfide) groups is 1. The van der Waals surface area contributed by atoms with Crippen molar-refractivity contribution in [3.05, 3.63) is 89.0 Å². The van der Waals surface area contributed by atoms with Crippen molar-refractivity contribution in [3.63, 3.8) is 0 Å². The number of nitrogens with zero attached hydrogens (tertiary/aromatic N) is 3. The number of esters is 1. The fourth-order valence-corrected chi connectivity index (χ4v) is 6.45. The summed E-state index contributed by atoms with van der Waals surface area (Å²) in [6.07, 6.45) is 4.87. The Labute approximate surface area is 254 Å². The Hall–Kier alpha value is -3.24. The quantitative estimate of drug-likeness (QED) is 0.224. The maximum atomic E-state index is 13.6. The summed E-state index contributed by atoms with van der Waals surface area (Å²) in [7, 11) is 5.49. The lowest BCUT2D eigenvalue weighted by atomic mass is 10.1. The molecule has 0 saturated heterocycles. The molecule has 0 aliphatic carbocycles. The van der Waals surface area contributed by atoms with Crippen molar-refractivity contribution in [1.82, 2.24) is 4.90 Å². The zero-order valence-corrected chi connectivity index (χ0v) is 25.7. The number of fused-ring (bicyclic) bond motifs is 2. The van der Waals surface area contributed by atoms with Gasteiger partial charge >= 0.3 is 5.97 Å². The van der Waals surface area contributed by atoms with E-state index in [4.69, 9.17) is 21.1 Å². The number of carbonyl (C=O) groups excluding carboxylic acids is 2. The Bertz CT molecular complexity index is 1430. The van der Waals surface area contributed by atoms with Gasteiger partial charge in [0.2, 0.25) is 0 Å². The van der Waals surface area contributed by atoms with Crippen LogP contribution in [-0.4, -0.2) is 63.4 Å². The molecule has 2 aliphatic rings. The van der Waals surface area contributed by atoms with Crippen LogP contribution in [0.3, 0.4) is 0 Å². The van der Waals surface area contributed by atoms with Crippen LogP contribution in [0.15, 0.2) is 87.0 Å². The first-order chi connectivity index (χ1) is 19.8. The van der Waals surface area contributed by atoms with Gasteiger partial charge < -0.3 is 19.3 Å². The minimum absolute atomic E-state index is 0.249. The number of anilines is 1. The van der Waals surface area contributed by atoms with Gasteiger partial charge in [-0.1, -0.05) is 48.0 Å². The molecule has 0 unspecified atom stereocenters. The van der Waals surface area contributed by atoms with Gasteiger partial charge in [-0.05, 0) is 67.7 Å². The number of hydrogen-bond donors (Lipinski definition) is 0. The highest BCUT2D eigenvalue weighted by Crippen LogP contribution is 2.47. The van der Waals surface area contributed by atoms with E-state index in [0.29, 0.717) is 23.9 Å². The Morgan fingerprint density at radius 2 is 1.83 bits per heavy atom. The zero-order chi connectivity index (χ0) is 29.4. The highest BCUT2D eigenvalue weighted by atomic mass is 35.5. The minimum Gasteiger partial charge on any atom is -0.497 e. The molecule has 1 amide bonds. The molecule has 41 heavy (non-hydrogen) atoms. The smallest absolute Gasteiger partial charge is 0.303 e. The molecule has 10 heteroatoms. The maximum absolute atomic E-state index is 13.6. The molecule has 2 atom stereocenters. The Morgan fingerprint density at radius 1 is 1.07 bits per heavy atom. The van der Waals surface area contributed by atoms with E-state index in [1.54, 1.807) is 18.1 Å². The number of carbonyl (C=O) groups is 2. The standard InChI is InChI=1S/C22H25ClN2O4S.C9H7NS/c1-14(26)29-20-21(15-5-8-17(28-4)9-6-15)30-19-13-16(23)7-10-18(19)25(22(20)27)12-11-24(2)3;1-2-6-9-8(4-1)5-3-7-10-11-9/h5-10,13,20-21H,11-12H2,1-4H3;1-7H/t20-,21+;/m1./s1. The number of methoxy groups -OCH3 is 1. The van der Waals surface area contributed by atoms with Gasteiger partial charge in [-0.15, -0.1) is 11.8 Å². The number of halogens is 1. The molecular formula is C31H32ClN3O4S2. The van der Waals surface area contributed by atoms with E-state index in [-0.39, 0.29) is 5.91 Å². The van der Waals surface area contributed by atoms with Gasteiger partial charge in [-0.2, -0.15) is 0 Å². The molecule has 0 fully saturated rings. The third kappa shape index (κ3) is 8.16. The van der Waals surface area contributed by atoms with Crippen molar-refractivity contribution in [1.29, 1.82) is 0 Å². The summed E-state index contributed by atoms with van der Waals surface area (Å²) in [5.74, 6) is -0.0331. The van der Waals surface area contributed by atoms with Crippen LogP contribution in [0.25, 0.3) is 6.08 Å². The van der Waals surface area contributed by atoms with Gasteiger partial charge in [0.1, 0.15) is 5.75 Å². The summed E-state index contributed by atoms with van der Waals surface area (Å²) in [4.78, 5) is 31.3. The summed E-state index contributed by atoms with van der Waals surface area (Å²) in [5, 5.41) is 0.162. The average molecular weight is 610 g/mol. The summed E-state index contributed by atoms with van der Waals surface area (Å²) in [5.41, 5.74) is 2.88. The molecule has 0 saturated carbocycles. The van der Waals surface area contributed by atoms with Gasteiger partial charge in [0.25, 0.3) is 5.91 Å².